The highest BCUT2D eigenvalue weighted by Crippen LogP contribution is 2.28. The normalized spacial score (nSPS) is 10.6. The van der Waals surface area contributed by atoms with Crippen LogP contribution < -0.4 is 15.8 Å². The van der Waals surface area contributed by atoms with Crippen molar-refractivity contribution in [2.24, 2.45) is 5.73 Å². The van der Waals surface area contributed by atoms with Crippen molar-refractivity contribution in [3.63, 3.8) is 0 Å². The number of hydrogen-bond donors (Lipinski definition) is 3. The van der Waals surface area contributed by atoms with Crippen LogP contribution in [-0.4, -0.2) is 16.8 Å². The molecule has 4 aromatic rings. The van der Waals surface area contributed by atoms with Gasteiger partial charge in [-0.2, -0.15) is 0 Å². The van der Waals surface area contributed by atoms with Gasteiger partial charge in [0.1, 0.15) is 18.2 Å². The fourth-order valence-corrected chi connectivity index (χ4v) is 3.92. The van der Waals surface area contributed by atoms with Crippen LogP contribution in [0.1, 0.15) is 37.5 Å². The van der Waals surface area contributed by atoms with Crippen molar-refractivity contribution in [3.05, 3.63) is 117 Å². The fourth-order valence-electron chi connectivity index (χ4n) is 3.46. The molecule has 0 spiro atoms. The number of H-pyrrole nitrogens is 1. The van der Waals surface area contributed by atoms with Gasteiger partial charge in [-0.3, -0.25) is 9.59 Å². The zero-order valence-corrected chi connectivity index (χ0v) is 19.5. The fraction of sp³-hybridized carbons (Fsp3) is 0.0769. The van der Waals surface area contributed by atoms with Gasteiger partial charge in [-0.05, 0) is 47.5 Å². The minimum atomic E-state index is -0.632. The van der Waals surface area contributed by atoms with E-state index in [4.69, 9.17) is 33.7 Å². The monoisotopic (exact) mass is 493 g/mol. The Morgan fingerprint density at radius 3 is 2.41 bits per heavy atom. The van der Waals surface area contributed by atoms with Gasteiger partial charge in [0.2, 0.25) is 0 Å². The SMILES string of the molecule is NC(=O)c1cc(Cc2ccccc2)[nH]c1NC(=O)c1cccc(COc2ccc(Cl)cc2Cl)c1. The number of primary amides is 1. The predicted octanol–water partition coefficient (Wildman–Crippen LogP) is 5.84. The maximum absolute atomic E-state index is 12.9. The molecular weight excluding hydrogens is 473 g/mol. The smallest absolute Gasteiger partial charge is 0.256 e. The lowest BCUT2D eigenvalue weighted by molar-refractivity contribution is 0.100. The number of nitrogens with one attached hydrogen (secondary N) is 2. The van der Waals surface area contributed by atoms with Crippen LogP contribution in [-0.2, 0) is 13.0 Å². The van der Waals surface area contributed by atoms with E-state index in [9.17, 15) is 9.59 Å². The molecule has 0 atom stereocenters. The number of carbonyl (C=O) groups is 2. The van der Waals surface area contributed by atoms with Gasteiger partial charge in [-0.1, -0.05) is 65.7 Å². The van der Waals surface area contributed by atoms with E-state index >= 15 is 0 Å². The van der Waals surface area contributed by atoms with Crippen LogP contribution in [0.15, 0.2) is 78.9 Å². The van der Waals surface area contributed by atoms with Gasteiger partial charge in [0.05, 0.1) is 10.6 Å². The Labute approximate surface area is 206 Å². The third-order valence-electron chi connectivity index (χ3n) is 5.09. The molecule has 0 bridgehead atoms. The zero-order valence-electron chi connectivity index (χ0n) is 18.0. The molecule has 0 aliphatic heterocycles. The quantitative estimate of drug-likeness (QED) is 0.287. The van der Waals surface area contributed by atoms with Crippen LogP contribution in [0.2, 0.25) is 10.0 Å². The lowest BCUT2D eigenvalue weighted by Crippen LogP contribution is -2.17. The van der Waals surface area contributed by atoms with Crippen molar-refractivity contribution in [1.29, 1.82) is 0 Å². The van der Waals surface area contributed by atoms with Crippen molar-refractivity contribution < 1.29 is 14.3 Å². The van der Waals surface area contributed by atoms with Gasteiger partial charge < -0.3 is 20.8 Å². The molecule has 1 aromatic heterocycles. The molecule has 0 aliphatic carbocycles. The summed E-state index contributed by atoms with van der Waals surface area (Å²) >= 11 is 12.1. The largest absolute Gasteiger partial charge is 0.487 e. The first-order valence-corrected chi connectivity index (χ1v) is 11.2. The standard InChI is InChI=1S/C26H21Cl2N3O3/c27-19-9-10-23(22(28)13-19)34-15-17-7-4-8-18(11-17)26(33)31-25-21(24(29)32)14-20(30-25)12-16-5-2-1-3-6-16/h1-11,13-14,30H,12,15H2,(H2,29,32)(H,31,33). The van der Waals surface area contributed by atoms with Crippen LogP contribution in [0, 0.1) is 0 Å². The summed E-state index contributed by atoms with van der Waals surface area (Å²) < 4.78 is 5.75. The Kier molecular flexibility index (Phi) is 7.21. The molecule has 0 saturated heterocycles. The first-order chi connectivity index (χ1) is 16.4. The van der Waals surface area contributed by atoms with E-state index in [0.29, 0.717) is 27.8 Å². The molecule has 6 nitrogen and oxygen atoms in total. The molecule has 4 N–H and O–H groups in total. The van der Waals surface area contributed by atoms with Crippen LogP contribution in [0.25, 0.3) is 0 Å². The van der Waals surface area contributed by atoms with Gasteiger partial charge >= 0.3 is 0 Å². The third kappa shape index (κ3) is 5.78. The Morgan fingerprint density at radius 1 is 0.912 bits per heavy atom. The van der Waals surface area contributed by atoms with E-state index in [1.165, 1.54) is 0 Å². The summed E-state index contributed by atoms with van der Waals surface area (Å²) in [6, 6.07) is 23.4. The van der Waals surface area contributed by atoms with E-state index in [-0.39, 0.29) is 23.9 Å². The number of amides is 2. The van der Waals surface area contributed by atoms with Crippen LogP contribution in [0.4, 0.5) is 5.82 Å². The number of carbonyl (C=O) groups excluding carboxylic acids is 2. The molecule has 3 aromatic carbocycles. The molecule has 0 radical (unpaired) electrons. The number of anilines is 1. The highest BCUT2D eigenvalue weighted by molar-refractivity contribution is 6.35. The highest BCUT2D eigenvalue weighted by Gasteiger charge is 2.17. The summed E-state index contributed by atoms with van der Waals surface area (Å²) in [6.45, 7) is 0.207. The van der Waals surface area contributed by atoms with Crippen LogP contribution >= 0.6 is 23.2 Å². The maximum Gasteiger partial charge on any atom is 0.256 e. The second kappa shape index (κ2) is 10.5. The second-order valence-corrected chi connectivity index (χ2v) is 8.47. The Morgan fingerprint density at radius 2 is 1.68 bits per heavy atom. The van der Waals surface area contributed by atoms with Crippen molar-refractivity contribution in [2.75, 3.05) is 5.32 Å². The van der Waals surface area contributed by atoms with Crippen molar-refractivity contribution in [3.8, 4) is 5.75 Å². The number of aromatic nitrogens is 1. The lowest BCUT2D eigenvalue weighted by Gasteiger charge is -2.10. The molecule has 1 heterocycles. The van der Waals surface area contributed by atoms with E-state index in [0.717, 1.165) is 16.8 Å². The zero-order chi connectivity index (χ0) is 24.1. The minimum absolute atomic E-state index is 0.207. The molecule has 8 heteroatoms. The van der Waals surface area contributed by atoms with Gasteiger partial charge in [-0.25, -0.2) is 0 Å². The average Bonchev–Trinajstić information content (AvgIpc) is 3.21. The maximum atomic E-state index is 12.9. The van der Waals surface area contributed by atoms with Crippen molar-refractivity contribution >= 4 is 40.8 Å². The van der Waals surface area contributed by atoms with E-state index < -0.39 is 5.91 Å². The molecule has 4 rings (SSSR count). The molecule has 2 amide bonds. The Balaban J connectivity index is 1.47. The summed E-state index contributed by atoms with van der Waals surface area (Å²) in [7, 11) is 0. The van der Waals surface area contributed by atoms with Crippen LogP contribution in [0.3, 0.4) is 0 Å². The first-order valence-electron chi connectivity index (χ1n) is 10.4. The van der Waals surface area contributed by atoms with Gasteiger partial charge in [0, 0.05) is 22.7 Å². The molecule has 0 unspecified atom stereocenters. The summed E-state index contributed by atoms with van der Waals surface area (Å²) in [5.41, 5.74) is 8.74. The Hall–Kier alpha value is -3.74. The summed E-state index contributed by atoms with van der Waals surface area (Å²) in [5.74, 6) is -0.266. The summed E-state index contributed by atoms with van der Waals surface area (Å²) in [4.78, 5) is 28.0. The molecular formula is C26H21Cl2N3O3. The number of ether oxygens (including phenoxy) is 1. The van der Waals surface area contributed by atoms with E-state index in [2.05, 4.69) is 10.3 Å². The third-order valence-corrected chi connectivity index (χ3v) is 5.62. The predicted molar refractivity (Wildman–Crippen MR) is 134 cm³/mol. The number of halogens is 2. The Bertz CT molecular complexity index is 1340. The summed E-state index contributed by atoms with van der Waals surface area (Å²) in [5, 5.41) is 3.68. The number of hydrogen-bond acceptors (Lipinski definition) is 3. The molecule has 34 heavy (non-hydrogen) atoms. The molecule has 0 aliphatic rings. The van der Waals surface area contributed by atoms with Crippen molar-refractivity contribution in [2.45, 2.75) is 13.0 Å². The number of benzene rings is 3. The lowest BCUT2D eigenvalue weighted by atomic mass is 10.1. The molecule has 0 fully saturated rings. The van der Waals surface area contributed by atoms with E-state index in [1.54, 1.807) is 42.5 Å². The average molecular weight is 494 g/mol. The highest BCUT2D eigenvalue weighted by atomic mass is 35.5. The topological polar surface area (TPSA) is 97.2 Å². The summed E-state index contributed by atoms with van der Waals surface area (Å²) in [6.07, 6.45) is 0.567. The van der Waals surface area contributed by atoms with Gasteiger partial charge in [0.25, 0.3) is 11.8 Å². The number of rotatable bonds is 8. The molecule has 0 saturated carbocycles. The second-order valence-electron chi connectivity index (χ2n) is 7.63. The van der Waals surface area contributed by atoms with E-state index in [1.807, 2.05) is 36.4 Å². The number of aromatic amines is 1. The van der Waals surface area contributed by atoms with Gasteiger partial charge in [0.15, 0.2) is 0 Å². The minimum Gasteiger partial charge on any atom is -0.487 e. The first kappa shape index (κ1) is 23.4. The number of nitrogens with two attached hydrogens (primary N) is 1. The molecule has 172 valence electrons. The van der Waals surface area contributed by atoms with Gasteiger partial charge in [-0.15, -0.1) is 0 Å². The van der Waals surface area contributed by atoms with Crippen LogP contribution in [0.5, 0.6) is 5.75 Å². The van der Waals surface area contributed by atoms with Crippen molar-refractivity contribution in [1.82, 2.24) is 4.98 Å².